The molecule has 0 spiro atoms. The number of nitrogen functional groups attached to an aromatic ring is 1. The number of fused-ring (bicyclic) bond motifs is 1. The Morgan fingerprint density at radius 3 is 2.53 bits per heavy atom. The average molecular weight is 533 g/mol. The topological polar surface area (TPSA) is 96.7 Å². The van der Waals surface area contributed by atoms with E-state index in [1.54, 1.807) is 6.07 Å². The molecular weight excluding hydrogens is 497 g/mol. The maximum absolute atomic E-state index is 13.6. The number of nitrogens with one attached hydrogen (secondary N) is 2. The number of hydrogen-bond donors (Lipinski definition) is 3. The van der Waals surface area contributed by atoms with Crippen LogP contribution in [0, 0.1) is 5.92 Å². The molecule has 0 saturated heterocycles. The Kier molecular flexibility index (Phi) is 8.38. The largest absolute Gasteiger partial charge is 0.449 e. The highest BCUT2D eigenvalue weighted by Crippen LogP contribution is 2.40. The summed E-state index contributed by atoms with van der Waals surface area (Å²) >= 11 is 0. The van der Waals surface area contributed by atoms with Crippen LogP contribution in [0.15, 0.2) is 30.3 Å². The highest BCUT2D eigenvalue weighted by molar-refractivity contribution is 5.92. The number of amides is 2. The summed E-state index contributed by atoms with van der Waals surface area (Å²) in [6, 6.07) is 7.15. The first kappa shape index (κ1) is 27.6. The molecule has 2 amide bonds. The lowest BCUT2D eigenvalue weighted by molar-refractivity contribution is -0.137. The third kappa shape index (κ3) is 6.52. The summed E-state index contributed by atoms with van der Waals surface area (Å²) in [6.45, 7) is 1.60. The van der Waals surface area contributed by atoms with Gasteiger partial charge in [-0.25, -0.2) is 4.79 Å². The number of hydrogen-bond acceptors (Lipinski definition) is 5. The molecule has 1 atom stereocenters. The van der Waals surface area contributed by atoms with Crippen molar-refractivity contribution in [3.8, 4) is 0 Å². The van der Waals surface area contributed by atoms with Crippen LogP contribution in [0.5, 0.6) is 0 Å². The Labute approximate surface area is 220 Å². The molecule has 38 heavy (non-hydrogen) atoms. The molecule has 2 aliphatic carbocycles. The first-order valence-electron chi connectivity index (χ1n) is 13.1. The van der Waals surface area contributed by atoms with Crippen LogP contribution in [0.4, 0.5) is 40.7 Å². The minimum absolute atomic E-state index is 0.194. The molecule has 0 radical (unpaired) electrons. The number of anilines is 4. The SMILES string of the molecule is CC(=O)N(C)c1cc(NC2CCCc3cc(NC(=O)OCCC4CCCC4)c(N)cc32)ccc1C(F)(F)F. The number of rotatable bonds is 7. The molecule has 2 aromatic carbocycles. The second-order valence-corrected chi connectivity index (χ2v) is 10.2. The van der Waals surface area contributed by atoms with Crippen molar-refractivity contribution in [3.05, 3.63) is 47.0 Å². The van der Waals surface area contributed by atoms with Crippen molar-refractivity contribution in [1.82, 2.24) is 0 Å². The Balaban J connectivity index is 1.48. The molecule has 4 N–H and O–H groups in total. The van der Waals surface area contributed by atoms with E-state index in [2.05, 4.69) is 10.6 Å². The van der Waals surface area contributed by atoms with Crippen molar-refractivity contribution in [3.63, 3.8) is 0 Å². The molecule has 1 saturated carbocycles. The molecule has 0 heterocycles. The molecule has 0 aromatic heterocycles. The molecule has 0 bridgehead atoms. The second kappa shape index (κ2) is 11.5. The van der Waals surface area contributed by atoms with E-state index in [0.29, 0.717) is 29.6 Å². The molecule has 206 valence electrons. The monoisotopic (exact) mass is 532 g/mol. The van der Waals surface area contributed by atoms with Gasteiger partial charge in [-0.05, 0) is 73.1 Å². The Bertz CT molecular complexity index is 1180. The van der Waals surface area contributed by atoms with Crippen LogP contribution >= 0.6 is 0 Å². The number of carbonyl (C=O) groups is 2. The fraction of sp³-hybridized carbons (Fsp3) is 0.500. The van der Waals surface area contributed by atoms with Crippen molar-refractivity contribution in [2.45, 2.75) is 70.5 Å². The number of aryl methyl sites for hydroxylation is 1. The second-order valence-electron chi connectivity index (χ2n) is 10.2. The first-order valence-corrected chi connectivity index (χ1v) is 13.1. The Hall–Kier alpha value is -3.43. The zero-order chi connectivity index (χ0) is 27.4. The number of alkyl halides is 3. The summed E-state index contributed by atoms with van der Waals surface area (Å²) in [7, 11) is 1.32. The number of nitrogens with zero attached hydrogens (tertiary/aromatic N) is 1. The third-order valence-corrected chi connectivity index (χ3v) is 7.57. The number of benzene rings is 2. The fourth-order valence-corrected chi connectivity index (χ4v) is 5.40. The van der Waals surface area contributed by atoms with Crippen LogP contribution in [0.25, 0.3) is 0 Å². The maximum Gasteiger partial charge on any atom is 0.418 e. The van der Waals surface area contributed by atoms with Gasteiger partial charge in [0.05, 0.1) is 35.3 Å². The van der Waals surface area contributed by atoms with E-state index in [1.165, 1.54) is 51.8 Å². The normalized spacial score (nSPS) is 17.6. The fourth-order valence-electron chi connectivity index (χ4n) is 5.40. The van der Waals surface area contributed by atoms with E-state index in [9.17, 15) is 22.8 Å². The van der Waals surface area contributed by atoms with E-state index in [4.69, 9.17) is 10.5 Å². The van der Waals surface area contributed by atoms with Crippen molar-refractivity contribution in [2.24, 2.45) is 5.92 Å². The zero-order valence-corrected chi connectivity index (χ0v) is 21.8. The van der Waals surface area contributed by atoms with Crippen molar-refractivity contribution in [2.75, 3.05) is 34.9 Å². The number of nitrogens with two attached hydrogens (primary N) is 1. The summed E-state index contributed by atoms with van der Waals surface area (Å²) in [5, 5.41) is 6.07. The Morgan fingerprint density at radius 1 is 1.11 bits per heavy atom. The lowest BCUT2D eigenvalue weighted by Crippen LogP contribution is -2.26. The smallest absolute Gasteiger partial charge is 0.418 e. The van der Waals surface area contributed by atoms with Crippen LogP contribution in [0.2, 0.25) is 0 Å². The lowest BCUT2D eigenvalue weighted by atomic mass is 9.86. The van der Waals surface area contributed by atoms with E-state index in [0.717, 1.165) is 47.8 Å². The molecule has 1 fully saturated rings. The van der Waals surface area contributed by atoms with Gasteiger partial charge < -0.3 is 20.7 Å². The van der Waals surface area contributed by atoms with E-state index in [-0.39, 0.29) is 11.7 Å². The first-order chi connectivity index (χ1) is 18.0. The van der Waals surface area contributed by atoms with E-state index >= 15 is 0 Å². The van der Waals surface area contributed by atoms with Gasteiger partial charge in [-0.2, -0.15) is 13.2 Å². The van der Waals surface area contributed by atoms with Crippen LogP contribution < -0.4 is 21.3 Å². The summed E-state index contributed by atoms with van der Waals surface area (Å²) in [6.07, 6.45) is 3.00. The summed E-state index contributed by atoms with van der Waals surface area (Å²) in [4.78, 5) is 25.2. The molecule has 7 nitrogen and oxygen atoms in total. The summed E-state index contributed by atoms with van der Waals surface area (Å²) in [5.74, 6) is 0.130. The van der Waals surface area contributed by atoms with Crippen molar-refractivity contribution < 1.29 is 27.5 Å². The molecule has 1 unspecified atom stereocenters. The predicted octanol–water partition coefficient (Wildman–Crippen LogP) is 6.89. The highest BCUT2D eigenvalue weighted by Gasteiger charge is 2.35. The van der Waals surface area contributed by atoms with Crippen molar-refractivity contribution >= 4 is 34.7 Å². The van der Waals surface area contributed by atoms with Crippen LogP contribution in [-0.2, 0) is 22.1 Å². The van der Waals surface area contributed by atoms with Gasteiger partial charge in [0.25, 0.3) is 0 Å². The molecule has 4 rings (SSSR count). The predicted molar refractivity (Wildman–Crippen MR) is 142 cm³/mol. The Morgan fingerprint density at radius 2 is 1.84 bits per heavy atom. The van der Waals surface area contributed by atoms with Crippen molar-refractivity contribution in [1.29, 1.82) is 0 Å². The number of halogens is 3. The van der Waals surface area contributed by atoms with Gasteiger partial charge in [0, 0.05) is 19.7 Å². The zero-order valence-electron chi connectivity index (χ0n) is 21.8. The van der Waals surface area contributed by atoms with Gasteiger partial charge in [0.1, 0.15) is 0 Å². The summed E-state index contributed by atoms with van der Waals surface area (Å²) in [5.41, 5.74) is 8.44. The number of ether oxygens (including phenoxy) is 1. The maximum atomic E-state index is 13.6. The van der Waals surface area contributed by atoms with Gasteiger partial charge in [0.2, 0.25) is 5.91 Å². The molecule has 2 aliphatic rings. The van der Waals surface area contributed by atoms with Gasteiger partial charge in [0.15, 0.2) is 0 Å². The quantitative estimate of drug-likeness (QED) is 0.338. The van der Waals surface area contributed by atoms with E-state index in [1.807, 2.05) is 6.07 Å². The van der Waals surface area contributed by atoms with Crippen LogP contribution in [-0.4, -0.2) is 25.7 Å². The molecule has 10 heteroatoms. The van der Waals surface area contributed by atoms with Gasteiger partial charge in [-0.15, -0.1) is 0 Å². The minimum atomic E-state index is -4.59. The van der Waals surface area contributed by atoms with Gasteiger partial charge in [-0.1, -0.05) is 25.7 Å². The summed E-state index contributed by atoms with van der Waals surface area (Å²) < 4.78 is 46.0. The number of carbonyl (C=O) groups excluding carboxylic acids is 2. The van der Waals surface area contributed by atoms with Gasteiger partial charge >= 0.3 is 12.3 Å². The third-order valence-electron chi connectivity index (χ3n) is 7.57. The minimum Gasteiger partial charge on any atom is -0.449 e. The standard InChI is InChI=1S/C28H35F3N4O3/c1-17(36)35(2)26-15-20(10-11-22(26)28(29,30)31)33-24-9-5-8-19-14-25(23(32)16-21(19)24)34-27(37)38-13-12-18-6-3-4-7-18/h10-11,14-16,18,24,33H,3-9,12-13,32H2,1-2H3,(H,34,37). The lowest BCUT2D eigenvalue weighted by Gasteiger charge is -2.29. The van der Waals surface area contributed by atoms with E-state index < -0.39 is 23.7 Å². The van der Waals surface area contributed by atoms with Gasteiger partial charge in [-0.3, -0.25) is 10.1 Å². The molecule has 0 aliphatic heterocycles. The highest BCUT2D eigenvalue weighted by atomic mass is 19.4. The molecular formula is C28H35F3N4O3. The van der Waals surface area contributed by atoms with Crippen LogP contribution in [0.3, 0.4) is 0 Å². The van der Waals surface area contributed by atoms with Crippen LogP contribution in [0.1, 0.15) is 74.6 Å². The molecule has 2 aromatic rings. The average Bonchev–Trinajstić information content (AvgIpc) is 3.37.